The molecule has 1 N–H and O–H groups in total. The Balaban J connectivity index is 2.30. The summed E-state index contributed by atoms with van der Waals surface area (Å²) in [6.45, 7) is 0. The van der Waals surface area contributed by atoms with Crippen molar-refractivity contribution >= 4 is 6.41 Å². The summed E-state index contributed by atoms with van der Waals surface area (Å²) in [6, 6.07) is -0.0906. The Morgan fingerprint density at radius 1 is 1.36 bits per heavy atom. The number of halogens is 2. The fraction of sp³-hybridized carbons (Fsp3) is 0.857. The summed E-state index contributed by atoms with van der Waals surface area (Å²) in [5, 5.41) is 2.38. The highest BCUT2D eigenvalue weighted by Gasteiger charge is 2.34. The van der Waals surface area contributed by atoms with Crippen LogP contribution in [-0.4, -0.2) is 18.4 Å². The lowest BCUT2D eigenvalue weighted by Crippen LogP contribution is -2.36. The van der Waals surface area contributed by atoms with Crippen LogP contribution in [0.25, 0.3) is 0 Å². The van der Waals surface area contributed by atoms with Gasteiger partial charge in [-0.2, -0.15) is 0 Å². The van der Waals surface area contributed by atoms with Crippen LogP contribution in [0, 0.1) is 0 Å². The van der Waals surface area contributed by atoms with Gasteiger partial charge < -0.3 is 5.32 Å². The van der Waals surface area contributed by atoms with Gasteiger partial charge in [0.25, 0.3) is 0 Å². The highest BCUT2D eigenvalue weighted by atomic mass is 19.3. The second kappa shape index (κ2) is 3.15. The van der Waals surface area contributed by atoms with Crippen LogP contribution in [-0.2, 0) is 4.79 Å². The molecule has 0 unspecified atom stereocenters. The van der Waals surface area contributed by atoms with Crippen molar-refractivity contribution < 1.29 is 13.6 Å². The molecular weight excluding hydrogens is 152 g/mol. The van der Waals surface area contributed by atoms with Crippen LogP contribution in [0.15, 0.2) is 0 Å². The Kier molecular flexibility index (Phi) is 2.42. The third-order valence-corrected chi connectivity index (χ3v) is 1.98. The molecule has 2 nitrogen and oxygen atoms in total. The lowest BCUT2D eigenvalue weighted by Gasteiger charge is -2.27. The van der Waals surface area contributed by atoms with Crippen LogP contribution >= 0.6 is 0 Å². The van der Waals surface area contributed by atoms with E-state index in [1.165, 1.54) is 6.41 Å². The predicted octanol–water partition coefficient (Wildman–Crippen LogP) is 1.22. The maximum absolute atomic E-state index is 12.5. The zero-order valence-corrected chi connectivity index (χ0v) is 6.07. The standard InChI is InChI=1S/C7H10F2NO/c8-7(9)3-1-6(2-4-7)10-5-11/h6H,1-4H2,(H,10,11). The Bertz CT molecular complexity index is 139. The van der Waals surface area contributed by atoms with E-state index in [1.807, 2.05) is 0 Å². The molecule has 4 heteroatoms. The number of rotatable bonds is 2. The molecule has 0 bridgehead atoms. The smallest absolute Gasteiger partial charge is 0.309 e. The van der Waals surface area contributed by atoms with Gasteiger partial charge in [0.05, 0.1) is 0 Å². The molecule has 11 heavy (non-hydrogen) atoms. The molecule has 1 saturated carbocycles. The van der Waals surface area contributed by atoms with Gasteiger partial charge in [-0.1, -0.05) is 0 Å². The molecule has 0 aromatic carbocycles. The van der Waals surface area contributed by atoms with Crippen LogP contribution in [0.1, 0.15) is 25.7 Å². The van der Waals surface area contributed by atoms with Crippen molar-refractivity contribution in [2.75, 3.05) is 0 Å². The summed E-state index contributed by atoms with van der Waals surface area (Å²) >= 11 is 0. The molecule has 0 aromatic heterocycles. The molecule has 1 amide bonds. The highest BCUT2D eigenvalue weighted by molar-refractivity contribution is 5.47. The van der Waals surface area contributed by atoms with Crippen molar-refractivity contribution in [2.24, 2.45) is 0 Å². The second-order valence-corrected chi connectivity index (χ2v) is 2.88. The fourth-order valence-electron chi connectivity index (χ4n) is 1.27. The summed E-state index contributed by atoms with van der Waals surface area (Å²) in [5.41, 5.74) is 0. The van der Waals surface area contributed by atoms with E-state index < -0.39 is 5.92 Å². The van der Waals surface area contributed by atoms with Crippen LogP contribution in [0.5, 0.6) is 0 Å². The number of hydrogen-bond acceptors (Lipinski definition) is 1. The van der Waals surface area contributed by atoms with Crippen molar-refractivity contribution in [2.45, 2.75) is 37.6 Å². The highest BCUT2D eigenvalue weighted by Crippen LogP contribution is 2.32. The number of hydrogen-bond donors (Lipinski definition) is 1. The fourth-order valence-corrected chi connectivity index (χ4v) is 1.27. The Morgan fingerprint density at radius 3 is 2.36 bits per heavy atom. The van der Waals surface area contributed by atoms with Crippen LogP contribution in [0.4, 0.5) is 8.78 Å². The van der Waals surface area contributed by atoms with Gasteiger partial charge in [-0.3, -0.25) is 4.79 Å². The molecule has 1 aliphatic carbocycles. The topological polar surface area (TPSA) is 29.1 Å². The third kappa shape index (κ3) is 2.44. The van der Waals surface area contributed by atoms with E-state index in [1.54, 1.807) is 0 Å². The van der Waals surface area contributed by atoms with E-state index in [0.29, 0.717) is 12.8 Å². The van der Waals surface area contributed by atoms with Crippen molar-refractivity contribution in [3.8, 4) is 0 Å². The van der Waals surface area contributed by atoms with E-state index in [2.05, 4.69) is 5.32 Å². The van der Waals surface area contributed by atoms with Gasteiger partial charge in [-0.05, 0) is 12.8 Å². The first kappa shape index (κ1) is 8.43. The van der Waals surface area contributed by atoms with Gasteiger partial charge in [0.2, 0.25) is 5.92 Å². The van der Waals surface area contributed by atoms with Gasteiger partial charge in [0, 0.05) is 18.9 Å². The zero-order chi connectivity index (χ0) is 8.32. The van der Waals surface area contributed by atoms with Crippen molar-refractivity contribution in [3.05, 3.63) is 0 Å². The quantitative estimate of drug-likeness (QED) is 0.608. The van der Waals surface area contributed by atoms with Gasteiger partial charge >= 0.3 is 6.41 Å². The van der Waals surface area contributed by atoms with Gasteiger partial charge in [-0.25, -0.2) is 8.78 Å². The van der Waals surface area contributed by atoms with Crippen LogP contribution in [0.2, 0.25) is 0 Å². The molecule has 1 radical (unpaired) electrons. The molecule has 0 atom stereocenters. The molecule has 0 aliphatic heterocycles. The predicted molar refractivity (Wildman–Crippen MR) is 36.0 cm³/mol. The average Bonchev–Trinajstić information content (AvgIpc) is 1.94. The van der Waals surface area contributed by atoms with E-state index >= 15 is 0 Å². The molecule has 63 valence electrons. The molecular formula is C7H10F2NO. The summed E-state index contributed by atoms with van der Waals surface area (Å²) in [6.07, 6.45) is 2.01. The number of nitrogens with one attached hydrogen (secondary N) is 1. The second-order valence-electron chi connectivity index (χ2n) is 2.88. The minimum absolute atomic E-state index is 0.0906. The Hall–Kier alpha value is -0.670. The monoisotopic (exact) mass is 162 g/mol. The van der Waals surface area contributed by atoms with E-state index in [9.17, 15) is 13.6 Å². The molecule has 1 aliphatic rings. The SMILES string of the molecule is O=[C]NC1CCC(F)(F)CC1. The van der Waals surface area contributed by atoms with Crippen molar-refractivity contribution in [1.29, 1.82) is 0 Å². The largest absolute Gasteiger partial charge is 0.345 e. The maximum Gasteiger partial charge on any atom is 0.309 e. The van der Waals surface area contributed by atoms with Crippen molar-refractivity contribution in [1.82, 2.24) is 5.32 Å². The normalized spacial score (nSPS) is 24.5. The molecule has 1 rings (SSSR count). The lowest BCUT2D eigenvalue weighted by molar-refractivity contribution is -0.0390. The van der Waals surface area contributed by atoms with Crippen molar-refractivity contribution in [3.63, 3.8) is 0 Å². The number of alkyl halides is 2. The Labute approximate surface area is 64.0 Å². The number of amides is 1. The van der Waals surface area contributed by atoms with Gasteiger partial charge in [-0.15, -0.1) is 0 Å². The summed E-state index contributed by atoms with van der Waals surface area (Å²) in [5.74, 6) is -2.51. The first-order chi connectivity index (χ1) is 5.14. The van der Waals surface area contributed by atoms with E-state index in [-0.39, 0.29) is 18.9 Å². The lowest BCUT2D eigenvalue weighted by atomic mass is 9.92. The summed E-state index contributed by atoms with van der Waals surface area (Å²) in [7, 11) is 0. The van der Waals surface area contributed by atoms with E-state index in [4.69, 9.17) is 0 Å². The average molecular weight is 162 g/mol. The summed E-state index contributed by atoms with van der Waals surface area (Å²) in [4.78, 5) is 9.81. The minimum atomic E-state index is -2.51. The summed E-state index contributed by atoms with van der Waals surface area (Å²) < 4.78 is 25.0. The molecule has 0 saturated heterocycles. The van der Waals surface area contributed by atoms with Gasteiger partial charge in [0.1, 0.15) is 0 Å². The van der Waals surface area contributed by atoms with Crippen LogP contribution < -0.4 is 5.32 Å². The van der Waals surface area contributed by atoms with Crippen LogP contribution in [0.3, 0.4) is 0 Å². The number of carbonyl (C=O) groups excluding carboxylic acids is 1. The minimum Gasteiger partial charge on any atom is -0.345 e. The molecule has 0 spiro atoms. The molecule has 0 aromatic rings. The first-order valence-corrected chi connectivity index (χ1v) is 3.64. The van der Waals surface area contributed by atoms with E-state index in [0.717, 1.165) is 0 Å². The third-order valence-electron chi connectivity index (χ3n) is 1.98. The van der Waals surface area contributed by atoms with Gasteiger partial charge in [0.15, 0.2) is 0 Å². The molecule has 1 fully saturated rings. The maximum atomic E-state index is 12.5. The zero-order valence-electron chi connectivity index (χ0n) is 6.07. The Morgan fingerprint density at radius 2 is 1.91 bits per heavy atom. The molecule has 0 heterocycles. The first-order valence-electron chi connectivity index (χ1n) is 3.64.